The third kappa shape index (κ3) is 3.79. The fourth-order valence-corrected chi connectivity index (χ4v) is 6.57. The molecule has 3 heterocycles. The van der Waals surface area contributed by atoms with Crippen LogP contribution in [0.2, 0.25) is 0 Å². The van der Waals surface area contributed by atoms with E-state index in [1.165, 1.54) is 12.1 Å². The van der Waals surface area contributed by atoms with Crippen LogP contribution in [0.4, 0.5) is 4.39 Å². The van der Waals surface area contributed by atoms with Gasteiger partial charge in [-0.1, -0.05) is 0 Å². The molecule has 9 heteroatoms. The zero-order valence-electron chi connectivity index (χ0n) is 16.9. The van der Waals surface area contributed by atoms with Crippen LogP contribution in [0.3, 0.4) is 0 Å². The van der Waals surface area contributed by atoms with Gasteiger partial charge in [-0.15, -0.1) is 11.3 Å². The van der Waals surface area contributed by atoms with Gasteiger partial charge in [0.1, 0.15) is 16.1 Å². The van der Waals surface area contributed by atoms with Gasteiger partial charge in [-0.25, -0.2) is 12.8 Å². The van der Waals surface area contributed by atoms with Crippen molar-refractivity contribution in [1.82, 2.24) is 4.40 Å². The van der Waals surface area contributed by atoms with Crippen LogP contribution in [0.1, 0.15) is 27.9 Å². The molecule has 0 radical (unpaired) electrons. The molecule has 0 aliphatic heterocycles. The Labute approximate surface area is 187 Å². The molecular weight excluding hydrogens is 451 g/mol. The summed E-state index contributed by atoms with van der Waals surface area (Å²) in [6.45, 7) is 1.80. The van der Waals surface area contributed by atoms with E-state index < -0.39 is 21.6 Å². The maximum Gasteiger partial charge on any atom is 0.307 e. The third-order valence-corrected chi connectivity index (χ3v) is 8.66. The molecule has 0 amide bonds. The summed E-state index contributed by atoms with van der Waals surface area (Å²) in [7, 11) is -3.86. The molecule has 1 aromatic carbocycles. The predicted molar refractivity (Wildman–Crippen MR) is 117 cm³/mol. The molecule has 0 spiro atoms. The Morgan fingerprint density at radius 1 is 1.19 bits per heavy atom. The van der Waals surface area contributed by atoms with Gasteiger partial charge < -0.3 is 9.51 Å². The molecule has 0 saturated heterocycles. The lowest BCUT2D eigenvalue weighted by Crippen LogP contribution is -2.05. The summed E-state index contributed by atoms with van der Waals surface area (Å²) in [5.74, 6) is -1.50. The zero-order chi connectivity index (χ0) is 23.0. The first-order valence-corrected chi connectivity index (χ1v) is 11.9. The van der Waals surface area contributed by atoms with Crippen LogP contribution < -0.4 is 0 Å². The van der Waals surface area contributed by atoms with Crippen molar-refractivity contribution in [2.24, 2.45) is 0 Å². The molecule has 0 bridgehead atoms. The van der Waals surface area contributed by atoms with E-state index in [-0.39, 0.29) is 21.9 Å². The number of hydrogen-bond donors (Lipinski definition) is 1. The minimum Gasteiger partial charge on any atom is -0.481 e. The van der Waals surface area contributed by atoms with Gasteiger partial charge in [0.15, 0.2) is 0 Å². The Morgan fingerprint density at radius 2 is 1.91 bits per heavy atom. The largest absolute Gasteiger partial charge is 0.481 e. The topological polar surface area (TPSA) is 99.6 Å². The first-order chi connectivity index (χ1) is 15.2. The van der Waals surface area contributed by atoms with E-state index in [1.807, 2.05) is 0 Å². The van der Waals surface area contributed by atoms with Gasteiger partial charge in [-0.3, -0.25) is 4.79 Å². The molecule has 4 rings (SSSR count). The van der Waals surface area contributed by atoms with Crippen molar-refractivity contribution in [1.29, 1.82) is 5.26 Å². The van der Waals surface area contributed by atoms with E-state index in [0.717, 1.165) is 29.0 Å². The third-order valence-electron chi connectivity index (χ3n) is 5.32. The molecule has 4 aromatic rings. The normalized spacial score (nSPS) is 11.5. The molecule has 0 saturated carbocycles. The number of thiophene rings is 1. The van der Waals surface area contributed by atoms with Gasteiger partial charge in [0.25, 0.3) is 0 Å². The van der Waals surface area contributed by atoms with Crippen LogP contribution in [-0.4, -0.2) is 23.9 Å². The fourth-order valence-electron chi connectivity index (χ4n) is 3.77. The number of pyridine rings is 1. The van der Waals surface area contributed by atoms with Crippen molar-refractivity contribution in [3.63, 3.8) is 0 Å². The maximum atomic E-state index is 13.3. The molecule has 0 aliphatic carbocycles. The Morgan fingerprint density at radius 3 is 2.56 bits per heavy atom. The number of carboxylic acid groups (broad SMARTS) is 1. The maximum absolute atomic E-state index is 13.3. The number of nitrogens with zero attached hydrogens (tertiary/aromatic N) is 2. The lowest BCUT2D eigenvalue weighted by molar-refractivity contribution is -0.136. The van der Waals surface area contributed by atoms with Crippen molar-refractivity contribution in [3.8, 4) is 6.07 Å². The summed E-state index contributed by atoms with van der Waals surface area (Å²) in [5.41, 5.74) is 3.68. The SMILES string of the molecule is Cc1c(CC(=O)O)c2ccc(C#N)cn2c1Cc1ccsc1S(=O)(=O)c1ccc(F)cc1. The van der Waals surface area contributed by atoms with E-state index in [9.17, 15) is 28.0 Å². The van der Waals surface area contributed by atoms with Crippen molar-refractivity contribution in [2.75, 3.05) is 0 Å². The van der Waals surface area contributed by atoms with E-state index in [2.05, 4.69) is 6.07 Å². The van der Waals surface area contributed by atoms with E-state index >= 15 is 0 Å². The molecule has 0 unspecified atom stereocenters. The smallest absolute Gasteiger partial charge is 0.307 e. The van der Waals surface area contributed by atoms with Crippen LogP contribution >= 0.6 is 11.3 Å². The van der Waals surface area contributed by atoms with Crippen molar-refractivity contribution < 1.29 is 22.7 Å². The highest BCUT2D eigenvalue weighted by molar-refractivity contribution is 7.93. The lowest BCUT2D eigenvalue weighted by Gasteiger charge is -2.08. The second-order valence-electron chi connectivity index (χ2n) is 7.27. The van der Waals surface area contributed by atoms with Crippen molar-refractivity contribution in [2.45, 2.75) is 28.9 Å². The standard InChI is InChI=1S/C23H17FN2O4S2/c1-14-19(11-22(27)28)20-7-2-15(12-25)13-26(20)21(14)10-16-8-9-31-23(16)32(29,30)18-5-3-17(24)4-6-18/h2-9,13H,10-11H2,1H3,(H,27,28). The molecule has 6 nitrogen and oxygen atoms in total. The fraction of sp³-hybridized carbons (Fsp3) is 0.130. The Kier molecular flexibility index (Phi) is 5.59. The van der Waals surface area contributed by atoms with Crippen LogP contribution in [0.15, 0.2) is 63.1 Å². The monoisotopic (exact) mass is 468 g/mol. The van der Waals surface area contributed by atoms with Gasteiger partial charge in [0, 0.05) is 23.8 Å². The van der Waals surface area contributed by atoms with Gasteiger partial charge >= 0.3 is 5.97 Å². The number of nitriles is 1. The summed E-state index contributed by atoms with van der Waals surface area (Å²) in [5, 5.41) is 20.3. The molecule has 0 aliphatic rings. The number of benzene rings is 1. The molecule has 162 valence electrons. The number of aromatic nitrogens is 1. The highest BCUT2D eigenvalue weighted by atomic mass is 32.2. The van der Waals surface area contributed by atoms with Gasteiger partial charge in [0.2, 0.25) is 9.84 Å². The van der Waals surface area contributed by atoms with Crippen LogP contribution in [-0.2, 0) is 27.5 Å². The van der Waals surface area contributed by atoms with Crippen molar-refractivity contribution in [3.05, 3.63) is 87.8 Å². The number of aliphatic carboxylic acids is 1. The Hall–Kier alpha value is -3.48. The van der Waals surface area contributed by atoms with Crippen LogP contribution in [0.5, 0.6) is 0 Å². The number of halogens is 1. The number of fused-ring (bicyclic) bond motifs is 1. The average Bonchev–Trinajstić information content (AvgIpc) is 3.33. The zero-order valence-corrected chi connectivity index (χ0v) is 18.5. The summed E-state index contributed by atoms with van der Waals surface area (Å²) in [6.07, 6.45) is 1.66. The van der Waals surface area contributed by atoms with Crippen molar-refractivity contribution >= 4 is 32.7 Å². The second-order valence-corrected chi connectivity index (χ2v) is 10.3. The van der Waals surface area contributed by atoms with E-state index in [1.54, 1.807) is 41.1 Å². The Bertz CT molecular complexity index is 1490. The van der Waals surface area contributed by atoms with Crippen LogP contribution in [0.25, 0.3) is 5.52 Å². The van der Waals surface area contributed by atoms with E-state index in [4.69, 9.17) is 0 Å². The quantitative estimate of drug-likeness (QED) is 0.424. The predicted octanol–water partition coefficient (Wildman–Crippen LogP) is 4.37. The van der Waals surface area contributed by atoms with Crippen LogP contribution in [0, 0.1) is 24.1 Å². The number of hydrogen-bond acceptors (Lipinski definition) is 5. The number of rotatable bonds is 6. The molecular formula is C23H17FN2O4S2. The Balaban J connectivity index is 1.84. The summed E-state index contributed by atoms with van der Waals surface area (Å²) >= 11 is 1.07. The minimum absolute atomic E-state index is 0.00216. The first kappa shape index (κ1) is 21.7. The number of carboxylic acids is 1. The molecule has 1 N–H and O–H groups in total. The molecule has 0 fully saturated rings. The summed E-state index contributed by atoms with van der Waals surface area (Å²) in [6, 6.07) is 11.8. The highest BCUT2D eigenvalue weighted by Crippen LogP contribution is 2.33. The lowest BCUT2D eigenvalue weighted by atomic mass is 10.0. The molecule has 32 heavy (non-hydrogen) atoms. The first-order valence-electron chi connectivity index (χ1n) is 9.53. The molecule has 0 atom stereocenters. The second kappa shape index (κ2) is 8.22. The minimum atomic E-state index is -3.86. The van der Waals surface area contributed by atoms with Gasteiger partial charge in [-0.05, 0) is 71.5 Å². The van der Waals surface area contributed by atoms with E-state index in [0.29, 0.717) is 27.9 Å². The number of sulfone groups is 1. The number of carbonyl (C=O) groups is 1. The average molecular weight is 469 g/mol. The highest BCUT2D eigenvalue weighted by Gasteiger charge is 2.25. The summed E-state index contributed by atoms with van der Waals surface area (Å²) < 4.78 is 41.5. The molecule has 3 aromatic heterocycles. The van der Waals surface area contributed by atoms with Gasteiger partial charge in [0.05, 0.1) is 16.9 Å². The van der Waals surface area contributed by atoms with Gasteiger partial charge in [-0.2, -0.15) is 5.26 Å². The summed E-state index contributed by atoms with van der Waals surface area (Å²) in [4.78, 5) is 11.4.